The summed E-state index contributed by atoms with van der Waals surface area (Å²) in [5, 5.41) is 4.17. The summed E-state index contributed by atoms with van der Waals surface area (Å²) in [5.74, 6) is 0. The fourth-order valence-electron chi connectivity index (χ4n) is 2.01. The van der Waals surface area contributed by atoms with Crippen LogP contribution in [0.4, 0.5) is 10.8 Å². The van der Waals surface area contributed by atoms with E-state index in [9.17, 15) is 0 Å². The van der Waals surface area contributed by atoms with Gasteiger partial charge in [0.05, 0.1) is 12.3 Å². The van der Waals surface area contributed by atoms with Crippen LogP contribution in [0.15, 0.2) is 24.3 Å². The van der Waals surface area contributed by atoms with E-state index in [4.69, 9.17) is 9.72 Å². The molecule has 20 heavy (non-hydrogen) atoms. The molecule has 0 amide bonds. The van der Waals surface area contributed by atoms with Crippen LogP contribution >= 0.6 is 11.3 Å². The van der Waals surface area contributed by atoms with Gasteiger partial charge < -0.3 is 15.0 Å². The molecule has 2 rings (SSSR count). The molecular formula is C15H21N3OS. The van der Waals surface area contributed by atoms with Crippen LogP contribution in [-0.4, -0.2) is 26.2 Å². The van der Waals surface area contributed by atoms with Gasteiger partial charge in [0, 0.05) is 31.3 Å². The second kappa shape index (κ2) is 6.83. The Morgan fingerprint density at radius 1 is 1.40 bits per heavy atom. The third-order valence-electron chi connectivity index (χ3n) is 3.06. The number of aryl methyl sites for hydroxylation is 1. The van der Waals surface area contributed by atoms with E-state index in [1.165, 1.54) is 10.4 Å². The highest BCUT2D eigenvalue weighted by atomic mass is 32.1. The second-order valence-corrected chi connectivity index (χ2v) is 5.79. The SMILES string of the molecule is CNCc1sc(N(C)c2cccc(C)c2)nc1COC. The van der Waals surface area contributed by atoms with Crippen molar-refractivity contribution in [2.75, 3.05) is 26.1 Å². The summed E-state index contributed by atoms with van der Waals surface area (Å²) in [5.41, 5.74) is 3.42. The van der Waals surface area contributed by atoms with Crippen molar-refractivity contribution in [1.82, 2.24) is 10.3 Å². The molecule has 1 N–H and O–H groups in total. The largest absolute Gasteiger partial charge is 0.378 e. The van der Waals surface area contributed by atoms with Crippen LogP contribution in [0.5, 0.6) is 0 Å². The molecule has 0 aliphatic heterocycles. The Kier molecular flexibility index (Phi) is 5.11. The Balaban J connectivity index is 2.29. The fourth-order valence-corrected chi connectivity index (χ4v) is 3.07. The van der Waals surface area contributed by atoms with Crippen molar-refractivity contribution in [3.05, 3.63) is 40.4 Å². The summed E-state index contributed by atoms with van der Waals surface area (Å²) < 4.78 is 5.23. The van der Waals surface area contributed by atoms with Crippen molar-refractivity contribution in [1.29, 1.82) is 0 Å². The van der Waals surface area contributed by atoms with Crippen LogP contribution in [0.1, 0.15) is 16.1 Å². The number of methoxy groups -OCH3 is 1. The van der Waals surface area contributed by atoms with E-state index in [0.717, 1.165) is 23.1 Å². The first kappa shape index (κ1) is 15.0. The molecule has 0 bridgehead atoms. The van der Waals surface area contributed by atoms with E-state index in [1.54, 1.807) is 18.4 Å². The molecule has 108 valence electrons. The van der Waals surface area contributed by atoms with E-state index >= 15 is 0 Å². The molecule has 0 fully saturated rings. The van der Waals surface area contributed by atoms with Crippen LogP contribution in [-0.2, 0) is 17.9 Å². The number of anilines is 2. The van der Waals surface area contributed by atoms with Crippen LogP contribution < -0.4 is 10.2 Å². The highest BCUT2D eigenvalue weighted by Gasteiger charge is 2.14. The molecule has 0 unspecified atom stereocenters. The predicted molar refractivity (Wildman–Crippen MR) is 84.8 cm³/mol. The van der Waals surface area contributed by atoms with Crippen molar-refractivity contribution in [3.63, 3.8) is 0 Å². The number of thiazole rings is 1. The molecule has 1 aromatic heterocycles. The number of nitrogens with zero attached hydrogens (tertiary/aromatic N) is 2. The second-order valence-electron chi connectivity index (χ2n) is 4.73. The quantitative estimate of drug-likeness (QED) is 0.887. The zero-order chi connectivity index (χ0) is 14.5. The number of hydrogen-bond donors (Lipinski definition) is 1. The van der Waals surface area contributed by atoms with E-state index in [-0.39, 0.29) is 0 Å². The highest BCUT2D eigenvalue weighted by molar-refractivity contribution is 7.15. The van der Waals surface area contributed by atoms with Crippen LogP contribution in [0.2, 0.25) is 0 Å². The van der Waals surface area contributed by atoms with Crippen LogP contribution in [0, 0.1) is 6.92 Å². The van der Waals surface area contributed by atoms with Crippen LogP contribution in [0.3, 0.4) is 0 Å². The van der Waals surface area contributed by atoms with Gasteiger partial charge in [-0.3, -0.25) is 0 Å². The van der Waals surface area contributed by atoms with E-state index < -0.39 is 0 Å². The maximum atomic E-state index is 5.23. The molecule has 1 heterocycles. The smallest absolute Gasteiger partial charge is 0.190 e. The molecule has 0 spiro atoms. The molecule has 5 heteroatoms. The maximum Gasteiger partial charge on any atom is 0.190 e. The van der Waals surface area contributed by atoms with Gasteiger partial charge in [0.2, 0.25) is 0 Å². The zero-order valence-electron chi connectivity index (χ0n) is 12.4. The Labute approximate surface area is 124 Å². The third kappa shape index (κ3) is 3.36. The average molecular weight is 291 g/mol. The van der Waals surface area contributed by atoms with E-state index in [0.29, 0.717) is 6.61 Å². The Morgan fingerprint density at radius 2 is 2.20 bits per heavy atom. The van der Waals surface area contributed by atoms with Gasteiger partial charge in [0.15, 0.2) is 5.13 Å². The Morgan fingerprint density at radius 3 is 2.85 bits per heavy atom. The lowest BCUT2D eigenvalue weighted by molar-refractivity contribution is 0.181. The number of aromatic nitrogens is 1. The molecule has 0 aliphatic rings. The summed E-state index contributed by atoms with van der Waals surface area (Å²) in [4.78, 5) is 8.05. The summed E-state index contributed by atoms with van der Waals surface area (Å²) in [7, 11) is 5.69. The number of ether oxygens (including phenoxy) is 1. The van der Waals surface area contributed by atoms with Crippen LogP contribution in [0.25, 0.3) is 0 Å². The zero-order valence-corrected chi connectivity index (χ0v) is 13.3. The Bertz CT molecular complexity index is 544. The minimum atomic E-state index is 0.551. The lowest BCUT2D eigenvalue weighted by Gasteiger charge is -2.16. The minimum Gasteiger partial charge on any atom is -0.378 e. The summed E-state index contributed by atoms with van der Waals surface area (Å²) in [6.45, 7) is 3.47. The van der Waals surface area contributed by atoms with Gasteiger partial charge in [0.1, 0.15) is 0 Å². The van der Waals surface area contributed by atoms with Gasteiger partial charge in [-0.25, -0.2) is 4.98 Å². The average Bonchev–Trinajstić information content (AvgIpc) is 2.82. The topological polar surface area (TPSA) is 37.4 Å². The van der Waals surface area contributed by atoms with Gasteiger partial charge in [-0.15, -0.1) is 0 Å². The first-order chi connectivity index (χ1) is 9.65. The van der Waals surface area contributed by atoms with E-state index in [2.05, 4.69) is 41.4 Å². The van der Waals surface area contributed by atoms with E-state index in [1.807, 2.05) is 14.1 Å². The first-order valence-electron chi connectivity index (χ1n) is 6.58. The molecule has 0 saturated heterocycles. The number of hydrogen-bond acceptors (Lipinski definition) is 5. The number of rotatable bonds is 6. The van der Waals surface area contributed by atoms with Crippen molar-refractivity contribution in [3.8, 4) is 0 Å². The summed E-state index contributed by atoms with van der Waals surface area (Å²) >= 11 is 1.71. The minimum absolute atomic E-state index is 0.551. The number of nitrogens with one attached hydrogen (secondary N) is 1. The van der Waals surface area contributed by atoms with Crippen molar-refractivity contribution in [2.24, 2.45) is 0 Å². The maximum absolute atomic E-state index is 5.23. The Hall–Kier alpha value is -1.43. The molecule has 0 atom stereocenters. The third-order valence-corrected chi connectivity index (χ3v) is 4.24. The van der Waals surface area contributed by atoms with Crippen molar-refractivity contribution in [2.45, 2.75) is 20.1 Å². The lowest BCUT2D eigenvalue weighted by Crippen LogP contribution is -2.09. The van der Waals surface area contributed by atoms with Gasteiger partial charge in [0.25, 0.3) is 0 Å². The molecule has 1 aromatic carbocycles. The summed E-state index contributed by atoms with van der Waals surface area (Å²) in [6.07, 6.45) is 0. The van der Waals surface area contributed by atoms with Gasteiger partial charge >= 0.3 is 0 Å². The number of benzene rings is 1. The molecule has 0 saturated carbocycles. The molecule has 4 nitrogen and oxygen atoms in total. The van der Waals surface area contributed by atoms with Crippen molar-refractivity contribution >= 4 is 22.2 Å². The normalized spacial score (nSPS) is 10.8. The monoisotopic (exact) mass is 291 g/mol. The van der Waals surface area contributed by atoms with Gasteiger partial charge in [-0.2, -0.15) is 0 Å². The molecular weight excluding hydrogens is 270 g/mol. The summed E-state index contributed by atoms with van der Waals surface area (Å²) in [6, 6.07) is 8.43. The lowest BCUT2D eigenvalue weighted by atomic mass is 10.2. The highest BCUT2D eigenvalue weighted by Crippen LogP contribution is 2.31. The molecule has 2 aromatic rings. The predicted octanol–water partition coefficient (Wildman–Crippen LogP) is 3.09. The first-order valence-corrected chi connectivity index (χ1v) is 7.40. The molecule has 0 radical (unpaired) electrons. The van der Waals surface area contributed by atoms with Crippen molar-refractivity contribution < 1.29 is 4.74 Å². The molecule has 0 aliphatic carbocycles. The fraction of sp³-hybridized carbons (Fsp3) is 0.400. The standard InChI is InChI=1S/C15H21N3OS/c1-11-6-5-7-12(8-11)18(3)15-17-13(10-19-4)14(20-15)9-16-2/h5-8,16H,9-10H2,1-4H3. The van der Waals surface area contributed by atoms with Gasteiger partial charge in [-0.05, 0) is 31.7 Å². The van der Waals surface area contributed by atoms with Gasteiger partial charge in [-0.1, -0.05) is 23.5 Å².